The van der Waals surface area contributed by atoms with E-state index in [1.165, 1.54) is 96.3 Å². The third-order valence-electron chi connectivity index (χ3n) is 10.5. The number of aliphatic hydroxyl groups is 5. The fourth-order valence-corrected chi connectivity index (χ4v) is 7.82. The van der Waals surface area contributed by atoms with Gasteiger partial charge < -0.3 is 39.9 Å². The molecule has 340 valence electrons. The van der Waals surface area contributed by atoms with Crippen molar-refractivity contribution in [1.82, 2.24) is 0 Å². The van der Waals surface area contributed by atoms with Crippen LogP contribution >= 0.6 is 7.82 Å². The van der Waals surface area contributed by atoms with Gasteiger partial charge >= 0.3 is 19.8 Å². The number of ether oxygens (including phenoxy) is 2. The van der Waals surface area contributed by atoms with Gasteiger partial charge in [-0.05, 0) is 44.9 Å². The number of aliphatic hydroxyl groups excluding tert-OH is 5. The van der Waals surface area contributed by atoms with Gasteiger partial charge in [-0.15, -0.1) is 0 Å². The molecule has 1 aliphatic rings. The Labute approximate surface area is 349 Å². The van der Waals surface area contributed by atoms with Crippen molar-refractivity contribution in [3.05, 3.63) is 24.3 Å². The van der Waals surface area contributed by atoms with Gasteiger partial charge in [-0.3, -0.25) is 18.6 Å². The van der Waals surface area contributed by atoms with Gasteiger partial charge in [0.25, 0.3) is 0 Å². The second-order valence-electron chi connectivity index (χ2n) is 15.9. The van der Waals surface area contributed by atoms with Crippen LogP contribution in [-0.2, 0) is 32.7 Å². The Bertz CT molecular complexity index is 1120. The zero-order chi connectivity index (χ0) is 42.9. The standard InChI is InChI=1S/C44H81O13P/c1-3-5-7-9-11-13-15-17-19-21-22-24-26-28-30-32-37(45)54-34-36(35-55-58(52,53)57-44-42(50)40(48)39(47)41(49)43(44)51)56-38(46)33-31-29-27-25-23-20-18-16-14-12-10-8-6-4-2/h17,19,22,24,36,39-44,47-51H,3-16,18,20-21,23,25-35H2,1-2H3,(H,52,53)/b19-17+,24-22+/t36-,39?,40-,41?,42?,43?,44?/m0/s1. The molecule has 0 spiro atoms. The molecule has 1 rings (SSSR count). The lowest BCUT2D eigenvalue weighted by molar-refractivity contribution is -0.220. The number of hydrogen-bond donors (Lipinski definition) is 6. The molecule has 0 aromatic heterocycles. The van der Waals surface area contributed by atoms with E-state index in [2.05, 4.69) is 38.2 Å². The molecule has 0 aromatic carbocycles. The summed E-state index contributed by atoms with van der Waals surface area (Å²) in [5.41, 5.74) is 0. The average molecular weight is 849 g/mol. The molecule has 1 fully saturated rings. The maximum absolute atomic E-state index is 12.8. The fourth-order valence-electron chi connectivity index (χ4n) is 6.85. The van der Waals surface area contributed by atoms with Gasteiger partial charge in [0.2, 0.25) is 0 Å². The monoisotopic (exact) mass is 849 g/mol. The van der Waals surface area contributed by atoms with Gasteiger partial charge in [0.1, 0.15) is 43.2 Å². The van der Waals surface area contributed by atoms with Crippen LogP contribution in [-0.4, -0.2) is 98.3 Å². The third kappa shape index (κ3) is 27.2. The molecule has 0 bridgehead atoms. The van der Waals surface area contributed by atoms with Gasteiger partial charge in [0, 0.05) is 12.8 Å². The minimum Gasteiger partial charge on any atom is -0.462 e. The number of rotatable bonds is 37. The van der Waals surface area contributed by atoms with E-state index in [4.69, 9.17) is 18.5 Å². The summed E-state index contributed by atoms with van der Waals surface area (Å²) in [5.74, 6) is -1.13. The Morgan fingerprint density at radius 3 is 1.43 bits per heavy atom. The zero-order valence-corrected chi connectivity index (χ0v) is 36.7. The highest BCUT2D eigenvalue weighted by Gasteiger charge is 2.51. The highest BCUT2D eigenvalue weighted by molar-refractivity contribution is 7.47. The SMILES string of the molecule is CCCCCCCC/C=C/C/C=C/CCCCC(=O)OC[C@@H](COP(=O)(O)OC1C(O)C(O)C(O)[C@H](O)C1O)OC(=O)CCCCCCCCCCCCCCCC. The van der Waals surface area contributed by atoms with Crippen LogP contribution in [0.2, 0.25) is 0 Å². The fraction of sp³-hybridized carbons (Fsp3) is 0.864. The van der Waals surface area contributed by atoms with Gasteiger partial charge in [0.05, 0.1) is 6.61 Å². The topological polar surface area (TPSA) is 210 Å². The summed E-state index contributed by atoms with van der Waals surface area (Å²) >= 11 is 0. The summed E-state index contributed by atoms with van der Waals surface area (Å²) < 4.78 is 33.5. The smallest absolute Gasteiger partial charge is 0.462 e. The first-order valence-electron chi connectivity index (χ1n) is 22.6. The van der Waals surface area contributed by atoms with Gasteiger partial charge in [-0.1, -0.05) is 154 Å². The molecule has 0 aliphatic heterocycles. The van der Waals surface area contributed by atoms with Crippen molar-refractivity contribution in [3.8, 4) is 0 Å². The van der Waals surface area contributed by atoms with E-state index >= 15 is 0 Å². The minimum absolute atomic E-state index is 0.0940. The summed E-state index contributed by atoms with van der Waals surface area (Å²) in [7, 11) is -5.12. The maximum atomic E-state index is 12.8. The number of phosphoric ester groups is 1. The van der Waals surface area contributed by atoms with Crippen molar-refractivity contribution in [2.24, 2.45) is 0 Å². The molecule has 1 saturated carbocycles. The number of hydrogen-bond acceptors (Lipinski definition) is 12. The minimum atomic E-state index is -5.12. The van der Waals surface area contributed by atoms with E-state index in [-0.39, 0.29) is 12.8 Å². The van der Waals surface area contributed by atoms with Gasteiger partial charge in [-0.25, -0.2) is 4.57 Å². The predicted octanol–water partition coefficient (Wildman–Crippen LogP) is 8.45. The molecule has 58 heavy (non-hydrogen) atoms. The molecular weight excluding hydrogens is 767 g/mol. The normalized spacial score (nSPS) is 22.7. The van der Waals surface area contributed by atoms with Crippen LogP contribution in [0.1, 0.15) is 187 Å². The highest BCUT2D eigenvalue weighted by atomic mass is 31.2. The Morgan fingerprint density at radius 1 is 0.534 bits per heavy atom. The lowest BCUT2D eigenvalue weighted by atomic mass is 9.85. The van der Waals surface area contributed by atoms with E-state index < -0.39 is 75.7 Å². The maximum Gasteiger partial charge on any atom is 0.472 e. The van der Waals surface area contributed by atoms with E-state index in [1.807, 2.05) is 0 Å². The molecule has 0 heterocycles. The van der Waals surface area contributed by atoms with E-state index in [0.29, 0.717) is 12.8 Å². The zero-order valence-electron chi connectivity index (χ0n) is 35.8. The van der Waals surface area contributed by atoms with Crippen molar-refractivity contribution in [3.63, 3.8) is 0 Å². The first kappa shape index (κ1) is 54.3. The molecule has 6 unspecified atom stereocenters. The summed E-state index contributed by atoms with van der Waals surface area (Å²) in [6.07, 6.45) is 23.8. The number of carbonyl (C=O) groups excluding carboxylic acids is 2. The number of esters is 2. The number of phosphoric acid groups is 1. The van der Waals surface area contributed by atoms with Crippen LogP contribution in [0.5, 0.6) is 0 Å². The van der Waals surface area contributed by atoms with Crippen LogP contribution in [0.3, 0.4) is 0 Å². The average Bonchev–Trinajstić information content (AvgIpc) is 3.20. The molecule has 8 atom stereocenters. The summed E-state index contributed by atoms with van der Waals surface area (Å²) in [5, 5.41) is 50.1. The molecule has 13 nitrogen and oxygen atoms in total. The number of carbonyl (C=O) groups is 2. The lowest BCUT2D eigenvalue weighted by Crippen LogP contribution is -2.64. The third-order valence-corrected chi connectivity index (χ3v) is 11.5. The largest absolute Gasteiger partial charge is 0.472 e. The Kier molecular flexibility index (Phi) is 32.8. The molecule has 6 N–H and O–H groups in total. The van der Waals surface area contributed by atoms with E-state index in [1.54, 1.807) is 0 Å². The van der Waals surface area contributed by atoms with Crippen LogP contribution in [0.4, 0.5) is 0 Å². The second-order valence-corrected chi connectivity index (χ2v) is 17.3. The Hall–Kier alpha value is -1.67. The van der Waals surface area contributed by atoms with Gasteiger partial charge in [0.15, 0.2) is 6.10 Å². The molecular formula is C44H81O13P. The van der Waals surface area contributed by atoms with Crippen molar-refractivity contribution in [2.45, 2.75) is 230 Å². The van der Waals surface area contributed by atoms with E-state index in [9.17, 15) is 44.6 Å². The van der Waals surface area contributed by atoms with Crippen LogP contribution in [0.15, 0.2) is 24.3 Å². The summed E-state index contributed by atoms with van der Waals surface area (Å²) in [6.45, 7) is 3.26. The first-order chi connectivity index (χ1) is 27.9. The Morgan fingerprint density at radius 2 is 0.931 bits per heavy atom. The molecule has 0 radical (unpaired) electrons. The number of unbranched alkanes of at least 4 members (excludes halogenated alkanes) is 21. The van der Waals surface area contributed by atoms with Crippen LogP contribution in [0.25, 0.3) is 0 Å². The first-order valence-corrected chi connectivity index (χ1v) is 24.1. The van der Waals surface area contributed by atoms with Crippen molar-refractivity contribution in [2.75, 3.05) is 13.2 Å². The van der Waals surface area contributed by atoms with Crippen molar-refractivity contribution < 1.29 is 63.1 Å². The quantitative estimate of drug-likeness (QED) is 0.0150. The summed E-state index contributed by atoms with van der Waals surface area (Å²) in [4.78, 5) is 35.6. The highest BCUT2D eigenvalue weighted by Crippen LogP contribution is 2.47. The molecule has 0 saturated heterocycles. The van der Waals surface area contributed by atoms with E-state index in [0.717, 1.165) is 51.4 Å². The van der Waals surface area contributed by atoms with Crippen LogP contribution < -0.4 is 0 Å². The predicted molar refractivity (Wildman–Crippen MR) is 226 cm³/mol. The second kappa shape index (κ2) is 35.0. The molecule has 14 heteroatoms. The van der Waals surface area contributed by atoms with Crippen LogP contribution in [0, 0.1) is 0 Å². The lowest BCUT2D eigenvalue weighted by Gasteiger charge is -2.41. The number of allylic oxidation sites excluding steroid dienone is 4. The van der Waals surface area contributed by atoms with Crippen molar-refractivity contribution in [1.29, 1.82) is 0 Å². The molecule has 0 amide bonds. The summed E-state index contributed by atoms with van der Waals surface area (Å²) in [6, 6.07) is 0. The molecule has 1 aliphatic carbocycles. The van der Waals surface area contributed by atoms with Gasteiger partial charge in [-0.2, -0.15) is 0 Å². The molecule has 0 aromatic rings. The Balaban J connectivity index is 2.49. The van der Waals surface area contributed by atoms with Crippen molar-refractivity contribution >= 4 is 19.8 Å².